The number of anilines is 1. The van der Waals surface area contributed by atoms with Crippen LogP contribution in [0.25, 0.3) is 27.7 Å². The van der Waals surface area contributed by atoms with Gasteiger partial charge in [0.05, 0.1) is 23.8 Å². The number of benzene rings is 2. The molecule has 0 atom stereocenters. The molecule has 0 unspecified atom stereocenters. The highest BCUT2D eigenvalue weighted by Gasteiger charge is 2.16. The standard InChI is InChI=1S/C22H16N4O2/c1-14-21(25-22(27)19-7-4-10-28-19)26-13-18(23-12-20(26)24-14)17-9-8-15-5-2-3-6-16(15)11-17/h2-13H,1H3,(H,25,27). The Hall–Kier alpha value is -3.93. The highest BCUT2D eigenvalue weighted by Crippen LogP contribution is 2.25. The topological polar surface area (TPSA) is 72.4 Å². The predicted molar refractivity (Wildman–Crippen MR) is 107 cm³/mol. The highest BCUT2D eigenvalue weighted by atomic mass is 16.3. The van der Waals surface area contributed by atoms with Crippen molar-refractivity contribution in [2.75, 3.05) is 5.32 Å². The monoisotopic (exact) mass is 368 g/mol. The van der Waals surface area contributed by atoms with E-state index in [1.807, 2.05) is 35.7 Å². The number of fused-ring (bicyclic) bond motifs is 2. The van der Waals surface area contributed by atoms with E-state index in [1.165, 1.54) is 11.6 Å². The lowest BCUT2D eigenvalue weighted by molar-refractivity contribution is 0.0996. The van der Waals surface area contributed by atoms with Gasteiger partial charge in [-0.25, -0.2) is 4.98 Å². The number of rotatable bonds is 3. The number of hydrogen-bond acceptors (Lipinski definition) is 4. The van der Waals surface area contributed by atoms with Crippen molar-refractivity contribution in [1.82, 2.24) is 14.4 Å². The molecule has 136 valence electrons. The number of aromatic nitrogens is 3. The Morgan fingerprint density at radius 1 is 1.07 bits per heavy atom. The van der Waals surface area contributed by atoms with Crippen LogP contribution >= 0.6 is 0 Å². The highest BCUT2D eigenvalue weighted by molar-refractivity contribution is 6.02. The van der Waals surface area contributed by atoms with E-state index in [-0.39, 0.29) is 11.7 Å². The average molecular weight is 368 g/mol. The summed E-state index contributed by atoms with van der Waals surface area (Å²) in [4.78, 5) is 21.4. The normalized spacial score (nSPS) is 11.2. The Morgan fingerprint density at radius 2 is 1.93 bits per heavy atom. The van der Waals surface area contributed by atoms with Crippen LogP contribution in [0.15, 0.2) is 77.7 Å². The van der Waals surface area contributed by atoms with Gasteiger partial charge in [0.2, 0.25) is 0 Å². The largest absolute Gasteiger partial charge is 0.459 e. The van der Waals surface area contributed by atoms with Gasteiger partial charge in [-0.05, 0) is 35.9 Å². The summed E-state index contributed by atoms with van der Waals surface area (Å²) >= 11 is 0. The van der Waals surface area contributed by atoms with Gasteiger partial charge in [-0.3, -0.25) is 14.2 Å². The zero-order valence-electron chi connectivity index (χ0n) is 15.1. The maximum atomic E-state index is 12.4. The van der Waals surface area contributed by atoms with Gasteiger partial charge in [0.1, 0.15) is 5.82 Å². The second-order valence-corrected chi connectivity index (χ2v) is 6.54. The van der Waals surface area contributed by atoms with Crippen LogP contribution in [0.5, 0.6) is 0 Å². The lowest BCUT2D eigenvalue weighted by Crippen LogP contribution is -2.13. The summed E-state index contributed by atoms with van der Waals surface area (Å²) in [5.41, 5.74) is 3.16. The van der Waals surface area contributed by atoms with E-state index in [2.05, 4.69) is 39.6 Å². The number of hydrogen-bond donors (Lipinski definition) is 1. The molecule has 28 heavy (non-hydrogen) atoms. The summed E-state index contributed by atoms with van der Waals surface area (Å²) in [5, 5.41) is 5.21. The number of carbonyl (C=O) groups is 1. The molecule has 0 saturated heterocycles. The van der Waals surface area contributed by atoms with Gasteiger partial charge in [0.25, 0.3) is 5.91 Å². The molecule has 3 aromatic heterocycles. The number of amides is 1. The smallest absolute Gasteiger partial charge is 0.292 e. The molecule has 5 aromatic rings. The molecule has 2 aromatic carbocycles. The fraction of sp³-hybridized carbons (Fsp3) is 0.0455. The van der Waals surface area contributed by atoms with E-state index in [4.69, 9.17) is 4.42 Å². The minimum absolute atomic E-state index is 0.248. The SMILES string of the molecule is Cc1nc2cnc(-c3ccc4ccccc4c3)cn2c1NC(=O)c1ccco1. The molecule has 5 rings (SSSR count). The second kappa shape index (κ2) is 6.35. The number of imidazole rings is 1. The predicted octanol–water partition coefficient (Wildman–Crippen LogP) is 4.70. The van der Waals surface area contributed by atoms with Gasteiger partial charge in [-0.2, -0.15) is 0 Å². The van der Waals surface area contributed by atoms with Crippen LogP contribution in [0.3, 0.4) is 0 Å². The Bertz CT molecular complexity index is 1320. The molecule has 0 fully saturated rings. The van der Waals surface area contributed by atoms with Gasteiger partial charge >= 0.3 is 0 Å². The van der Waals surface area contributed by atoms with Crippen molar-refractivity contribution >= 4 is 28.1 Å². The molecule has 0 aliphatic carbocycles. The van der Waals surface area contributed by atoms with Crippen molar-refractivity contribution < 1.29 is 9.21 Å². The third-order valence-corrected chi connectivity index (χ3v) is 4.71. The fourth-order valence-corrected chi connectivity index (χ4v) is 3.30. The van der Waals surface area contributed by atoms with E-state index in [1.54, 1.807) is 18.3 Å². The van der Waals surface area contributed by atoms with Crippen molar-refractivity contribution in [3.8, 4) is 11.3 Å². The van der Waals surface area contributed by atoms with Crippen LogP contribution < -0.4 is 5.32 Å². The quantitative estimate of drug-likeness (QED) is 0.501. The van der Waals surface area contributed by atoms with E-state index in [9.17, 15) is 4.79 Å². The molecule has 0 radical (unpaired) electrons. The van der Waals surface area contributed by atoms with E-state index >= 15 is 0 Å². The number of aryl methyl sites for hydroxylation is 1. The van der Waals surface area contributed by atoms with Gasteiger partial charge in [0.15, 0.2) is 11.4 Å². The molecular weight excluding hydrogens is 352 g/mol. The lowest BCUT2D eigenvalue weighted by Gasteiger charge is -2.07. The molecular formula is C22H16N4O2. The third-order valence-electron chi connectivity index (χ3n) is 4.71. The lowest BCUT2D eigenvalue weighted by atomic mass is 10.1. The summed E-state index contributed by atoms with van der Waals surface area (Å²) in [7, 11) is 0. The molecule has 1 amide bonds. The van der Waals surface area contributed by atoms with E-state index < -0.39 is 0 Å². The number of carbonyl (C=O) groups excluding carboxylic acids is 1. The van der Waals surface area contributed by atoms with Crippen molar-refractivity contribution in [2.24, 2.45) is 0 Å². The summed E-state index contributed by atoms with van der Waals surface area (Å²) in [6, 6.07) is 17.7. The van der Waals surface area contributed by atoms with E-state index in [0.717, 1.165) is 16.6 Å². The third kappa shape index (κ3) is 2.72. The molecule has 6 heteroatoms. The summed E-state index contributed by atoms with van der Waals surface area (Å²) in [5.74, 6) is 0.526. The Balaban J connectivity index is 1.58. The minimum atomic E-state index is -0.320. The maximum absolute atomic E-state index is 12.4. The molecule has 0 aliphatic heterocycles. The maximum Gasteiger partial charge on any atom is 0.292 e. The van der Waals surface area contributed by atoms with Crippen molar-refractivity contribution in [3.05, 3.63) is 84.7 Å². The minimum Gasteiger partial charge on any atom is -0.459 e. The van der Waals surface area contributed by atoms with Crippen LogP contribution in [0.1, 0.15) is 16.2 Å². The first-order chi connectivity index (χ1) is 13.7. The first kappa shape index (κ1) is 16.3. The summed E-state index contributed by atoms with van der Waals surface area (Å²) < 4.78 is 7.02. The average Bonchev–Trinajstić information content (AvgIpc) is 3.36. The van der Waals surface area contributed by atoms with Crippen LogP contribution in [0, 0.1) is 6.92 Å². The zero-order chi connectivity index (χ0) is 19.1. The first-order valence-corrected chi connectivity index (χ1v) is 8.88. The molecule has 0 bridgehead atoms. The van der Waals surface area contributed by atoms with Crippen LogP contribution in [-0.2, 0) is 0 Å². The van der Waals surface area contributed by atoms with Crippen LogP contribution in [-0.4, -0.2) is 20.3 Å². The molecule has 6 nitrogen and oxygen atoms in total. The van der Waals surface area contributed by atoms with Gasteiger partial charge in [0, 0.05) is 11.8 Å². The van der Waals surface area contributed by atoms with Gasteiger partial charge < -0.3 is 9.73 Å². The Morgan fingerprint density at radius 3 is 2.75 bits per heavy atom. The first-order valence-electron chi connectivity index (χ1n) is 8.88. The van der Waals surface area contributed by atoms with Crippen molar-refractivity contribution in [2.45, 2.75) is 6.92 Å². The van der Waals surface area contributed by atoms with Crippen LogP contribution in [0.4, 0.5) is 5.82 Å². The number of nitrogens with one attached hydrogen (secondary N) is 1. The Labute approximate surface area is 160 Å². The molecule has 0 saturated carbocycles. The van der Waals surface area contributed by atoms with Crippen molar-refractivity contribution in [3.63, 3.8) is 0 Å². The zero-order valence-corrected chi connectivity index (χ0v) is 15.1. The summed E-state index contributed by atoms with van der Waals surface area (Å²) in [6.07, 6.45) is 5.06. The summed E-state index contributed by atoms with van der Waals surface area (Å²) in [6.45, 7) is 1.85. The van der Waals surface area contributed by atoms with Gasteiger partial charge in [-0.1, -0.05) is 36.4 Å². The van der Waals surface area contributed by atoms with Crippen molar-refractivity contribution in [1.29, 1.82) is 0 Å². The Kier molecular flexibility index (Phi) is 3.69. The fourth-order valence-electron chi connectivity index (χ4n) is 3.30. The number of nitrogens with zero attached hydrogens (tertiary/aromatic N) is 3. The molecule has 1 N–H and O–H groups in total. The molecule has 0 spiro atoms. The van der Waals surface area contributed by atoms with Crippen LogP contribution in [0.2, 0.25) is 0 Å². The molecule has 3 heterocycles. The van der Waals surface area contributed by atoms with Gasteiger partial charge in [-0.15, -0.1) is 0 Å². The number of furan rings is 1. The second-order valence-electron chi connectivity index (χ2n) is 6.54. The van der Waals surface area contributed by atoms with E-state index in [0.29, 0.717) is 17.2 Å². The molecule has 0 aliphatic rings.